The fraction of sp³-hybridized carbons (Fsp3) is 0.467. The molecule has 0 unspecified atom stereocenters. The highest BCUT2D eigenvalue weighted by Crippen LogP contribution is 2.24. The molecule has 2 rings (SSSR count). The lowest BCUT2D eigenvalue weighted by Gasteiger charge is -2.23. The monoisotopic (exact) mass is 258 g/mol. The fourth-order valence-corrected chi connectivity index (χ4v) is 2.17. The number of fused-ring (bicyclic) bond motifs is 1. The molecular formula is C15H22N4. The van der Waals surface area contributed by atoms with E-state index in [2.05, 4.69) is 22.5 Å². The number of imidazole rings is 1. The Balaban J connectivity index is 2.32. The van der Waals surface area contributed by atoms with Gasteiger partial charge in [-0.2, -0.15) is 0 Å². The minimum absolute atomic E-state index is 0.245. The van der Waals surface area contributed by atoms with E-state index in [1.165, 1.54) is 5.52 Å². The molecule has 3 N–H and O–H groups in total. The van der Waals surface area contributed by atoms with Gasteiger partial charge in [-0.25, -0.2) is 4.98 Å². The normalized spacial score (nSPS) is 11.9. The second kappa shape index (κ2) is 5.03. The average Bonchev–Trinajstić information content (AvgIpc) is 2.74. The number of nitrogens with two attached hydrogens (primary N) is 1. The van der Waals surface area contributed by atoms with Crippen molar-refractivity contribution in [1.29, 1.82) is 5.41 Å². The third-order valence-electron chi connectivity index (χ3n) is 3.74. The molecule has 1 aromatic heterocycles. The van der Waals surface area contributed by atoms with Gasteiger partial charge in [-0.1, -0.05) is 32.9 Å². The number of hydrogen-bond donors (Lipinski definition) is 2. The van der Waals surface area contributed by atoms with E-state index in [1.807, 2.05) is 32.0 Å². The zero-order chi connectivity index (χ0) is 14.0. The predicted molar refractivity (Wildman–Crippen MR) is 79.4 cm³/mol. The zero-order valence-electron chi connectivity index (χ0n) is 11.9. The Labute approximate surface area is 114 Å². The number of nitrogens with one attached hydrogen (secondary N) is 1. The summed E-state index contributed by atoms with van der Waals surface area (Å²) in [7, 11) is 0. The first-order chi connectivity index (χ1) is 8.95. The fourth-order valence-electron chi connectivity index (χ4n) is 2.17. The van der Waals surface area contributed by atoms with E-state index in [0.717, 1.165) is 30.7 Å². The van der Waals surface area contributed by atoms with E-state index in [0.29, 0.717) is 0 Å². The second-order valence-corrected chi connectivity index (χ2v) is 5.57. The summed E-state index contributed by atoms with van der Waals surface area (Å²) < 4.78 is 2.25. The number of nitrogens with zero attached hydrogens (tertiary/aromatic N) is 2. The molecule has 1 heterocycles. The van der Waals surface area contributed by atoms with Crippen molar-refractivity contribution >= 4 is 16.9 Å². The quantitative estimate of drug-likeness (QED) is 0.639. The maximum atomic E-state index is 7.64. The molecule has 0 aliphatic rings. The predicted octanol–water partition coefficient (Wildman–Crippen LogP) is 2.95. The second-order valence-electron chi connectivity index (χ2n) is 5.57. The van der Waals surface area contributed by atoms with E-state index in [-0.39, 0.29) is 11.3 Å². The van der Waals surface area contributed by atoms with Gasteiger partial charge in [-0.15, -0.1) is 0 Å². The highest BCUT2D eigenvalue weighted by atomic mass is 15.1. The minimum atomic E-state index is -0.267. The summed E-state index contributed by atoms with van der Waals surface area (Å²) in [5, 5.41) is 7.64. The number of rotatable bonds is 5. The topological polar surface area (TPSA) is 67.7 Å². The lowest BCUT2D eigenvalue weighted by atomic mass is 9.88. The Morgan fingerprint density at radius 2 is 2.05 bits per heavy atom. The first-order valence-corrected chi connectivity index (χ1v) is 6.74. The molecule has 0 bridgehead atoms. The van der Waals surface area contributed by atoms with E-state index >= 15 is 0 Å². The van der Waals surface area contributed by atoms with Crippen LogP contribution in [0.25, 0.3) is 11.0 Å². The summed E-state index contributed by atoms with van der Waals surface area (Å²) in [6.45, 7) is 6.99. The third kappa shape index (κ3) is 2.62. The summed E-state index contributed by atoms with van der Waals surface area (Å²) in [4.78, 5) is 4.65. The zero-order valence-corrected chi connectivity index (χ0v) is 11.9. The molecule has 1 aromatic carbocycles. The molecule has 0 aliphatic carbocycles. The Morgan fingerprint density at radius 3 is 2.68 bits per heavy atom. The van der Waals surface area contributed by atoms with Crippen LogP contribution in [0.1, 0.15) is 33.0 Å². The largest absolute Gasteiger partial charge is 0.387 e. The van der Waals surface area contributed by atoms with Crippen LogP contribution in [0.15, 0.2) is 24.3 Å². The first-order valence-electron chi connectivity index (χ1n) is 6.74. The van der Waals surface area contributed by atoms with Crippen molar-refractivity contribution in [3.63, 3.8) is 0 Å². The summed E-state index contributed by atoms with van der Waals surface area (Å²) in [5.74, 6) is 1.34. The van der Waals surface area contributed by atoms with Crippen molar-refractivity contribution in [3.8, 4) is 0 Å². The van der Waals surface area contributed by atoms with Gasteiger partial charge in [0.25, 0.3) is 0 Å². The molecular weight excluding hydrogens is 236 g/mol. The van der Waals surface area contributed by atoms with E-state index in [4.69, 9.17) is 11.1 Å². The number of hydrogen-bond acceptors (Lipinski definition) is 2. The van der Waals surface area contributed by atoms with Gasteiger partial charge in [-0.3, -0.25) is 5.41 Å². The van der Waals surface area contributed by atoms with Crippen molar-refractivity contribution in [2.24, 2.45) is 11.1 Å². The van der Waals surface area contributed by atoms with Gasteiger partial charge < -0.3 is 10.3 Å². The maximum Gasteiger partial charge on any atom is 0.109 e. The Morgan fingerprint density at radius 1 is 1.37 bits per heavy atom. The lowest BCUT2D eigenvalue weighted by molar-refractivity contribution is 0.426. The van der Waals surface area contributed by atoms with Crippen molar-refractivity contribution in [2.45, 2.75) is 40.2 Å². The van der Waals surface area contributed by atoms with Crippen LogP contribution in [0.4, 0.5) is 0 Å². The van der Waals surface area contributed by atoms with Crippen LogP contribution in [0, 0.1) is 10.8 Å². The van der Waals surface area contributed by atoms with Crippen LogP contribution in [0.2, 0.25) is 0 Å². The molecule has 2 aromatic rings. The van der Waals surface area contributed by atoms with Gasteiger partial charge in [0, 0.05) is 18.4 Å². The van der Waals surface area contributed by atoms with Crippen molar-refractivity contribution in [3.05, 3.63) is 30.1 Å². The molecule has 102 valence electrons. The highest BCUT2D eigenvalue weighted by molar-refractivity contribution is 5.82. The Hall–Kier alpha value is -1.84. The van der Waals surface area contributed by atoms with Crippen LogP contribution < -0.4 is 5.73 Å². The van der Waals surface area contributed by atoms with E-state index in [9.17, 15) is 0 Å². The molecule has 4 heteroatoms. The van der Waals surface area contributed by atoms with Gasteiger partial charge >= 0.3 is 0 Å². The summed E-state index contributed by atoms with van der Waals surface area (Å²) in [5.41, 5.74) is 7.59. The summed E-state index contributed by atoms with van der Waals surface area (Å²) in [6.07, 6.45) is 1.75. The molecule has 0 amide bonds. The molecule has 0 fully saturated rings. The first kappa shape index (κ1) is 13.6. The van der Waals surface area contributed by atoms with Crippen LogP contribution in [0.3, 0.4) is 0 Å². The van der Waals surface area contributed by atoms with Crippen molar-refractivity contribution < 1.29 is 0 Å². The van der Waals surface area contributed by atoms with Crippen LogP contribution in [-0.4, -0.2) is 15.4 Å². The van der Waals surface area contributed by atoms with Crippen LogP contribution >= 0.6 is 0 Å². The maximum absolute atomic E-state index is 7.64. The number of aromatic nitrogens is 2. The van der Waals surface area contributed by atoms with Crippen LogP contribution in [-0.2, 0) is 13.0 Å². The van der Waals surface area contributed by atoms with Gasteiger partial charge in [0.05, 0.1) is 16.9 Å². The molecule has 4 nitrogen and oxygen atoms in total. The average molecular weight is 258 g/mol. The molecule has 0 spiro atoms. The standard InChI is InChI=1S/C15H22N4/c1-4-13-18-11-7-5-6-8-12(11)19(13)10-9-15(2,3)14(16)17/h5-8H,4,9-10H2,1-3H3,(H3,16,17). The van der Waals surface area contributed by atoms with Crippen molar-refractivity contribution in [1.82, 2.24) is 9.55 Å². The van der Waals surface area contributed by atoms with Gasteiger partial charge in [0.2, 0.25) is 0 Å². The molecule has 0 saturated carbocycles. The van der Waals surface area contributed by atoms with Crippen LogP contribution in [0.5, 0.6) is 0 Å². The Bertz CT molecular complexity index is 595. The molecule has 0 aliphatic heterocycles. The number of para-hydroxylation sites is 2. The third-order valence-corrected chi connectivity index (χ3v) is 3.74. The van der Waals surface area contributed by atoms with E-state index < -0.39 is 0 Å². The minimum Gasteiger partial charge on any atom is -0.387 e. The van der Waals surface area contributed by atoms with Gasteiger partial charge in [-0.05, 0) is 18.6 Å². The summed E-state index contributed by atoms with van der Waals surface area (Å²) >= 11 is 0. The van der Waals surface area contributed by atoms with Gasteiger partial charge in [0.1, 0.15) is 5.82 Å². The molecule has 0 atom stereocenters. The van der Waals surface area contributed by atoms with Gasteiger partial charge in [0.15, 0.2) is 0 Å². The SMILES string of the molecule is CCc1nc2ccccc2n1CCC(C)(C)C(=N)N. The molecule has 0 radical (unpaired) electrons. The highest BCUT2D eigenvalue weighted by Gasteiger charge is 2.22. The number of aryl methyl sites for hydroxylation is 2. The summed E-state index contributed by atoms with van der Waals surface area (Å²) in [6, 6.07) is 8.19. The van der Waals surface area contributed by atoms with E-state index in [1.54, 1.807) is 0 Å². The number of amidine groups is 1. The molecule has 19 heavy (non-hydrogen) atoms. The lowest BCUT2D eigenvalue weighted by Crippen LogP contribution is -2.32. The smallest absolute Gasteiger partial charge is 0.109 e. The van der Waals surface area contributed by atoms with Crippen molar-refractivity contribution in [2.75, 3.05) is 0 Å². The molecule has 0 saturated heterocycles. The Kier molecular flexibility index (Phi) is 3.60. The number of benzene rings is 1.